The SMILES string of the molecule is [B]C([B])(OP(=O)(O)OP(=O)(O)O)[C@]1(F)C[C@@H](O)[C@]([B])(n2cc(C)c(=O)[nH]c2=O)O1. The van der Waals surface area contributed by atoms with Gasteiger partial charge < -0.3 is 24.5 Å². The van der Waals surface area contributed by atoms with E-state index in [4.69, 9.17) is 38.1 Å². The molecular formula is C10H12B3FN2O11P2. The molecule has 13 nitrogen and oxygen atoms in total. The number of phosphoric ester groups is 1. The number of H-pyrrole nitrogens is 1. The molecule has 0 bridgehead atoms. The first kappa shape index (κ1) is 24.3. The zero-order valence-electron chi connectivity index (χ0n) is 14.5. The van der Waals surface area contributed by atoms with Crippen LogP contribution >= 0.6 is 15.6 Å². The quantitative estimate of drug-likeness (QED) is 0.223. The first-order chi connectivity index (χ1) is 12.8. The van der Waals surface area contributed by atoms with Crippen molar-refractivity contribution in [2.45, 2.75) is 36.3 Å². The monoisotopic (exact) mass is 450 g/mol. The van der Waals surface area contributed by atoms with Crippen LogP contribution in [0.1, 0.15) is 12.0 Å². The average Bonchev–Trinajstić information content (AvgIpc) is 2.71. The minimum absolute atomic E-state index is 0.0838. The van der Waals surface area contributed by atoms with Crippen LogP contribution < -0.4 is 11.2 Å². The van der Waals surface area contributed by atoms with E-state index in [2.05, 4.69) is 8.83 Å². The Labute approximate surface area is 165 Å². The van der Waals surface area contributed by atoms with Crippen molar-refractivity contribution in [3.05, 3.63) is 32.6 Å². The number of aromatic nitrogens is 2. The van der Waals surface area contributed by atoms with Gasteiger partial charge in [0.25, 0.3) is 5.56 Å². The van der Waals surface area contributed by atoms with E-state index in [1.54, 1.807) is 0 Å². The largest absolute Gasteiger partial charge is 0.480 e. The molecule has 5 N–H and O–H groups in total. The topological polar surface area (TPSA) is 198 Å². The van der Waals surface area contributed by atoms with Crippen molar-refractivity contribution in [3.8, 4) is 0 Å². The molecule has 0 aliphatic carbocycles. The fraction of sp³-hybridized carbons (Fsp3) is 0.600. The van der Waals surface area contributed by atoms with E-state index in [-0.39, 0.29) is 5.56 Å². The van der Waals surface area contributed by atoms with Crippen molar-refractivity contribution in [3.63, 3.8) is 0 Å². The van der Waals surface area contributed by atoms with Gasteiger partial charge in [-0.3, -0.25) is 18.9 Å². The maximum absolute atomic E-state index is 15.3. The van der Waals surface area contributed by atoms with Crippen LogP contribution in [0.25, 0.3) is 0 Å². The van der Waals surface area contributed by atoms with Crippen molar-refractivity contribution >= 4 is 39.2 Å². The summed E-state index contributed by atoms with van der Waals surface area (Å²) in [5, 5.41) is 6.70. The summed E-state index contributed by atoms with van der Waals surface area (Å²) in [5.74, 6) is -3.60. The molecule has 2 rings (SSSR count). The number of nitrogens with zero attached hydrogens (tertiary/aromatic N) is 1. The molecule has 0 saturated carbocycles. The Morgan fingerprint density at radius 1 is 1.38 bits per heavy atom. The molecule has 6 radical (unpaired) electrons. The van der Waals surface area contributed by atoms with Gasteiger partial charge in [-0.15, -0.1) is 0 Å². The number of phosphoric acid groups is 2. The van der Waals surface area contributed by atoms with Crippen LogP contribution in [0.3, 0.4) is 0 Å². The van der Waals surface area contributed by atoms with Gasteiger partial charge in [-0.2, -0.15) is 4.31 Å². The van der Waals surface area contributed by atoms with E-state index in [0.717, 1.165) is 6.20 Å². The Morgan fingerprint density at radius 3 is 2.45 bits per heavy atom. The maximum Gasteiger partial charge on any atom is 0.480 e. The number of aliphatic hydroxyl groups excluding tert-OH is 1. The van der Waals surface area contributed by atoms with Crippen LogP contribution in [0.2, 0.25) is 0 Å². The van der Waals surface area contributed by atoms with Gasteiger partial charge in [-0.05, 0) is 6.92 Å². The van der Waals surface area contributed by atoms with E-state index >= 15 is 4.39 Å². The van der Waals surface area contributed by atoms with Crippen LogP contribution in [-0.2, 0) is 28.3 Å². The predicted molar refractivity (Wildman–Crippen MR) is 93.6 cm³/mol. The van der Waals surface area contributed by atoms with E-state index < -0.39 is 56.3 Å². The summed E-state index contributed by atoms with van der Waals surface area (Å²) in [4.78, 5) is 51.8. The van der Waals surface area contributed by atoms with Crippen LogP contribution in [0, 0.1) is 6.92 Å². The normalized spacial score (nSPS) is 30.2. The van der Waals surface area contributed by atoms with Gasteiger partial charge in [-0.25, -0.2) is 18.3 Å². The molecule has 2 heterocycles. The standard InChI is InChI=1S/C10H12B3FN2O11P2/c1-4-3-16(7(19)15-6(4)18)9(11)5(17)2-8(14,25-9)10(12,13)26-29(23,24)27-28(20,21)22/h3,5,17H,2H2,1H3,(H,23,24)(H,15,18,19)(H2,20,21,22)/t5-,8+,9+/m1/s1. The highest BCUT2D eigenvalue weighted by atomic mass is 31.3. The summed E-state index contributed by atoms with van der Waals surface area (Å²) in [6, 6.07) is 0. The average molecular weight is 450 g/mol. The summed E-state index contributed by atoms with van der Waals surface area (Å²) < 4.78 is 50.4. The van der Waals surface area contributed by atoms with E-state index in [0.29, 0.717) is 4.57 Å². The van der Waals surface area contributed by atoms with Crippen LogP contribution in [0.4, 0.5) is 4.39 Å². The lowest BCUT2D eigenvalue weighted by Gasteiger charge is -2.40. The van der Waals surface area contributed by atoms with E-state index in [9.17, 15) is 28.7 Å². The molecule has 1 aliphatic rings. The van der Waals surface area contributed by atoms with Crippen molar-refractivity contribution in [2.75, 3.05) is 0 Å². The van der Waals surface area contributed by atoms with E-state index in [1.807, 2.05) is 4.98 Å². The van der Waals surface area contributed by atoms with Gasteiger partial charge in [0.2, 0.25) is 5.85 Å². The molecule has 1 aromatic rings. The Morgan fingerprint density at radius 2 is 1.93 bits per heavy atom. The third kappa shape index (κ3) is 4.84. The second-order valence-electron chi connectivity index (χ2n) is 6.17. The first-order valence-electron chi connectivity index (χ1n) is 7.39. The Balaban J connectivity index is 2.43. The van der Waals surface area contributed by atoms with Gasteiger partial charge >= 0.3 is 21.3 Å². The van der Waals surface area contributed by atoms with Crippen molar-refractivity contribution in [1.29, 1.82) is 0 Å². The molecule has 1 aromatic heterocycles. The molecule has 154 valence electrons. The second kappa shape index (κ2) is 7.29. The fourth-order valence-corrected chi connectivity index (χ4v) is 4.18. The molecule has 0 spiro atoms. The first-order valence-corrected chi connectivity index (χ1v) is 10.4. The third-order valence-corrected chi connectivity index (χ3v) is 6.02. The molecule has 1 unspecified atom stereocenters. The summed E-state index contributed by atoms with van der Waals surface area (Å²) in [5.41, 5.74) is -4.83. The van der Waals surface area contributed by atoms with Crippen molar-refractivity contribution < 1.29 is 46.9 Å². The number of hydrogen-bond donors (Lipinski definition) is 5. The lowest BCUT2D eigenvalue weighted by atomic mass is 9.60. The molecule has 1 aliphatic heterocycles. The summed E-state index contributed by atoms with van der Waals surface area (Å²) >= 11 is 0. The molecule has 4 atom stereocenters. The van der Waals surface area contributed by atoms with Crippen LogP contribution in [-0.4, -0.2) is 70.2 Å². The number of aliphatic hydroxyl groups is 1. The minimum Gasteiger partial charge on any atom is -0.389 e. The number of ether oxygens (including phenoxy) is 1. The minimum atomic E-state index is -5.76. The number of halogens is 1. The molecule has 19 heteroatoms. The number of rotatable bonds is 6. The highest BCUT2D eigenvalue weighted by Crippen LogP contribution is 2.61. The smallest absolute Gasteiger partial charge is 0.389 e. The second-order valence-corrected chi connectivity index (χ2v) is 8.92. The number of nitrogens with one attached hydrogen (secondary N) is 1. The zero-order valence-corrected chi connectivity index (χ0v) is 16.2. The Hall–Kier alpha value is -1.02. The lowest BCUT2D eigenvalue weighted by molar-refractivity contribution is -0.219. The molecular weight excluding hydrogens is 437 g/mol. The highest BCUT2D eigenvalue weighted by Gasteiger charge is 2.63. The van der Waals surface area contributed by atoms with Crippen LogP contribution in [0.15, 0.2) is 15.8 Å². The van der Waals surface area contributed by atoms with Gasteiger partial charge in [-0.1, -0.05) is 0 Å². The summed E-state index contributed by atoms with van der Waals surface area (Å²) in [7, 11) is 4.99. The molecule has 1 saturated heterocycles. The summed E-state index contributed by atoms with van der Waals surface area (Å²) in [6.45, 7) is 1.25. The van der Waals surface area contributed by atoms with E-state index in [1.165, 1.54) is 6.92 Å². The number of alkyl halides is 1. The van der Waals surface area contributed by atoms with Crippen molar-refractivity contribution in [1.82, 2.24) is 9.55 Å². The number of aromatic amines is 1. The maximum atomic E-state index is 15.3. The van der Waals surface area contributed by atoms with Crippen molar-refractivity contribution in [2.24, 2.45) is 0 Å². The Kier molecular flexibility index (Phi) is 6.10. The number of aryl methyl sites for hydroxylation is 1. The predicted octanol–water partition coefficient (Wildman–Crippen LogP) is -2.71. The Bertz CT molecular complexity index is 1030. The van der Waals surface area contributed by atoms with Gasteiger partial charge in [0, 0.05) is 18.2 Å². The number of hydrogen-bond acceptors (Lipinski definition) is 8. The summed E-state index contributed by atoms with van der Waals surface area (Å²) in [6.07, 6.45) is -2.48. The van der Waals surface area contributed by atoms with Crippen LogP contribution in [0.5, 0.6) is 0 Å². The van der Waals surface area contributed by atoms with Gasteiger partial charge in [0.15, 0.2) is 0 Å². The molecule has 1 fully saturated rings. The third-order valence-electron chi connectivity index (χ3n) is 3.81. The van der Waals surface area contributed by atoms with Gasteiger partial charge in [0.1, 0.15) is 29.2 Å². The van der Waals surface area contributed by atoms with Gasteiger partial charge in [0.05, 0.1) is 11.5 Å². The molecule has 29 heavy (non-hydrogen) atoms. The molecule has 0 aromatic carbocycles. The highest BCUT2D eigenvalue weighted by molar-refractivity contribution is 7.60. The lowest BCUT2D eigenvalue weighted by Crippen LogP contribution is -2.56. The zero-order chi connectivity index (χ0) is 22.6. The fourth-order valence-electron chi connectivity index (χ4n) is 2.45. The molecule has 0 amide bonds.